The molecule has 0 aliphatic heterocycles. The zero-order valence-electron chi connectivity index (χ0n) is 17.9. The van der Waals surface area contributed by atoms with E-state index in [0.29, 0.717) is 0 Å². The van der Waals surface area contributed by atoms with Gasteiger partial charge in [-0.1, -0.05) is 131 Å². The SMILES string of the molecule is Cc1ccccc1B(c1ccccc1C)c1ccc2ccc3cccc4ccc1c2c34. The van der Waals surface area contributed by atoms with Gasteiger partial charge in [0.1, 0.15) is 0 Å². The van der Waals surface area contributed by atoms with Gasteiger partial charge in [0.2, 0.25) is 6.71 Å². The Labute approximate surface area is 183 Å². The van der Waals surface area contributed by atoms with Gasteiger partial charge >= 0.3 is 0 Å². The Morgan fingerprint density at radius 1 is 0.419 bits per heavy atom. The quantitative estimate of drug-likeness (QED) is 0.266. The molecule has 0 nitrogen and oxygen atoms in total. The summed E-state index contributed by atoms with van der Waals surface area (Å²) in [4.78, 5) is 0. The third-order valence-corrected chi connectivity index (χ3v) is 6.87. The van der Waals surface area contributed by atoms with Gasteiger partial charge in [-0.25, -0.2) is 0 Å². The lowest BCUT2D eigenvalue weighted by Crippen LogP contribution is -2.54. The Morgan fingerprint density at radius 3 is 1.55 bits per heavy atom. The van der Waals surface area contributed by atoms with Crippen LogP contribution in [-0.4, -0.2) is 6.71 Å². The molecule has 1 heteroatoms. The average Bonchev–Trinajstić information content (AvgIpc) is 2.80. The first-order chi connectivity index (χ1) is 15.2. The van der Waals surface area contributed by atoms with Gasteiger partial charge in [-0.05, 0) is 46.2 Å². The molecule has 6 aromatic carbocycles. The fourth-order valence-electron chi connectivity index (χ4n) is 5.33. The lowest BCUT2D eigenvalue weighted by atomic mass is 9.35. The topological polar surface area (TPSA) is 0 Å². The standard InChI is InChI=1S/C30H23B/c1-20-8-3-5-12-26(20)31(27-13-6-4-9-21(27)2)28-19-17-24-15-14-22-10-7-11-23-16-18-25(28)30(24)29(22)23/h3-19H,1-2H3. The maximum absolute atomic E-state index is 2.35. The monoisotopic (exact) mass is 394 g/mol. The van der Waals surface area contributed by atoms with E-state index in [-0.39, 0.29) is 6.71 Å². The molecule has 0 atom stereocenters. The minimum absolute atomic E-state index is 0.201. The van der Waals surface area contributed by atoms with Crippen molar-refractivity contribution < 1.29 is 0 Å². The number of hydrogen-bond donors (Lipinski definition) is 0. The molecule has 6 aromatic rings. The van der Waals surface area contributed by atoms with E-state index in [0.717, 1.165) is 0 Å². The van der Waals surface area contributed by atoms with Crippen LogP contribution in [0.25, 0.3) is 32.3 Å². The Bertz CT molecular complexity index is 1500. The molecule has 0 saturated carbocycles. The van der Waals surface area contributed by atoms with E-state index < -0.39 is 0 Å². The summed E-state index contributed by atoms with van der Waals surface area (Å²) in [6, 6.07) is 38.1. The van der Waals surface area contributed by atoms with E-state index in [1.807, 2.05) is 0 Å². The van der Waals surface area contributed by atoms with E-state index >= 15 is 0 Å². The fraction of sp³-hybridized carbons (Fsp3) is 0.0667. The van der Waals surface area contributed by atoms with Crippen molar-refractivity contribution in [2.45, 2.75) is 13.8 Å². The van der Waals surface area contributed by atoms with Gasteiger partial charge in [-0.2, -0.15) is 0 Å². The van der Waals surface area contributed by atoms with Gasteiger partial charge in [0.15, 0.2) is 0 Å². The van der Waals surface area contributed by atoms with Crippen LogP contribution >= 0.6 is 0 Å². The van der Waals surface area contributed by atoms with Crippen molar-refractivity contribution in [3.8, 4) is 0 Å². The van der Waals surface area contributed by atoms with Crippen LogP contribution in [0.3, 0.4) is 0 Å². The smallest absolute Gasteiger partial charge is 0.0667 e. The summed E-state index contributed by atoms with van der Waals surface area (Å²) in [5.74, 6) is 0. The zero-order chi connectivity index (χ0) is 20.9. The van der Waals surface area contributed by atoms with Crippen LogP contribution in [-0.2, 0) is 0 Å². The summed E-state index contributed by atoms with van der Waals surface area (Å²) in [6.07, 6.45) is 0. The Morgan fingerprint density at radius 2 is 0.935 bits per heavy atom. The van der Waals surface area contributed by atoms with Crippen LogP contribution in [0.15, 0.2) is 103 Å². The highest BCUT2D eigenvalue weighted by Gasteiger charge is 2.27. The molecular formula is C30H23B. The lowest BCUT2D eigenvalue weighted by molar-refractivity contribution is 1.49. The number of aryl methyl sites for hydroxylation is 2. The summed E-state index contributed by atoms with van der Waals surface area (Å²) in [6.45, 7) is 4.67. The molecule has 146 valence electrons. The highest BCUT2D eigenvalue weighted by Crippen LogP contribution is 2.33. The second-order valence-electron chi connectivity index (χ2n) is 8.66. The number of hydrogen-bond acceptors (Lipinski definition) is 0. The first-order valence-electron chi connectivity index (χ1n) is 11.0. The van der Waals surface area contributed by atoms with Crippen LogP contribution in [0, 0.1) is 13.8 Å². The van der Waals surface area contributed by atoms with Crippen LogP contribution in [0.4, 0.5) is 0 Å². The van der Waals surface area contributed by atoms with E-state index in [1.54, 1.807) is 0 Å². The van der Waals surface area contributed by atoms with Gasteiger partial charge in [-0.15, -0.1) is 0 Å². The summed E-state index contributed by atoms with van der Waals surface area (Å²) in [5, 5.41) is 8.08. The Hall–Kier alpha value is -3.58. The van der Waals surface area contributed by atoms with Crippen molar-refractivity contribution in [3.05, 3.63) is 114 Å². The molecule has 0 amide bonds. The third kappa shape index (κ3) is 2.77. The van der Waals surface area contributed by atoms with Gasteiger partial charge in [-0.3, -0.25) is 0 Å². The minimum atomic E-state index is 0.201. The molecule has 0 aliphatic rings. The van der Waals surface area contributed by atoms with Gasteiger partial charge < -0.3 is 0 Å². The van der Waals surface area contributed by atoms with Crippen LogP contribution in [0.2, 0.25) is 0 Å². The largest absolute Gasteiger partial charge is 0.242 e. The predicted molar refractivity (Wildman–Crippen MR) is 137 cm³/mol. The minimum Gasteiger partial charge on any atom is -0.0667 e. The van der Waals surface area contributed by atoms with Crippen LogP contribution in [0.1, 0.15) is 11.1 Å². The molecule has 0 fully saturated rings. The number of rotatable bonds is 3. The van der Waals surface area contributed by atoms with Crippen molar-refractivity contribution in [1.82, 2.24) is 0 Å². The molecule has 0 heterocycles. The molecular weight excluding hydrogens is 371 g/mol. The second kappa shape index (κ2) is 6.99. The molecule has 0 aliphatic carbocycles. The maximum Gasteiger partial charge on any atom is 0.242 e. The summed E-state index contributed by atoms with van der Waals surface area (Å²) < 4.78 is 0. The molecule has 0 N–H and O–H groups in total. The van der Waals surface area contributed by atoms with Crippen molar-refractivity contribution >= 4 is 55.4 Å². The highest BCUT2D eigenvalue weighted by atomic mass is 14.1. The molecule has 31 heavy (non-hydrogen) atoms. The number of benzene rings is 6. The van der Waals surface area contributed by atoms with E-state index in [1.165, 1.54) is 59.8 Å². The Balaban J connectivity index is 1.75. The lowest BCUT2D eigenvalue weighted by Gasteiger charge is -2.22. The third-order valence-electron chi connectivity index (χ3n) is 6.87. The summed E-state index contributed by atoms with van der Waals surface area (Å²) in [5.41, 5.74) is 6.82. The van der Waals surface area contributed by atoms with Gasteiger partial charge in [0, 0.05) is 0 Å². The molecule has 0 aromatic heterocycles. The van der Waals surface area contributed by atoms with Crippen molar-refractivity contribution in [2.24, 2.45) is 0 Å². The van der Waals surface area contributed by atoms with Crippen molar-refractivity contribution in [2.75, 3.05) is 0 Å². The summed E-state index contributed by atoms with van der Waals surface area (Å²) >= 11 is 0. The molecule has 0 bridgehead atoms. The molecule has 0 spiro atoms. The average molecular weight is 394 g/mol. The molecule has 0 radical (unpaired) electrons. The second-order valence-corrected chi connectivity index (χ2v) is 8.66. The van der Waals surface area contributed by atoms with Crippen molar-refractivity contribution in [3.63, 3.8) is 0 Å². The van der Waals surface area contributed by atoms with E-state index in [4.69, 9.17) is 0 Å². The molecule has 0 saturated heterocycles. The van der Waals surface area contributed by atoms with Gasteiger partial charge in [0.25, 0.3) is 0 Å². The normalized spacial score (nSPS) is 11.5. The summed E-state index contributed by atoms with van der Waals surface area (Å²) in [7, 11) is 0. The van der Waals surface area contributed by atoms with Crippen LogP contribution in [0.5, 0.6) is 0 Å². The molecule has 0 unspecified atom stereocenters. The first-order valence-corrected chi connectivity index (χ1v) is 11.0. The van der Waals surface area contributed by atoms with Gasteiger partial charge in [0.05, 0.1) is 0 Å². The van der Waals surface area contributed by atoms with E-state index in [9.17, 15) is 0 Å². The Kier molecular flexibility index (Phi) is 4.11. The maximum atomic E-state index is 2.35. The predicted octanol–water partition coefficient (Wildman–Crippen LogP) is 5.72. The first kappa shape index (κ1) is 18.2. The highest BCUT2D eigenvalue weighted by molar-refractivity contribution is 6.97. The van der Waals surface area contributed by atoms with Crippen molar-refractivity contribution in [1.29, 1.82) is 0 Å². The molecule has 6 rings (SSSR count). The van der Waals surface area contributed by atoms with Crippen LogP contribution < -0.4 is 16.4 Å². The van der Waals surface area contributed by atoms with E-state index in [2.05, 4.69) is 117 Å². The fourth-order valence-corrected chi connectivity index (χ4v) is 5.33. The zero-order valence-corrected chi connectivity index (χ0v) is 17.9.